The van der Waals surface area contributed by atoms with Crippen LogP contribution in [0.5, 0.6) is 0 Å². The summed E-state index contributed by atoms with van der Waals surface area (Å²) in [6.07, 6.45) is 5.04. The van der Waals surface area contributed by atoms with E-state index in [1.165, 1.54) is 0 Å². The predicted octanol–water partition coefficient (Wildman–Crippen LogP) is 1.82. The molecular weight excluding hydrogens is 148 g/mol. The van der Waals surface area contributed by atoms with Gasteiger partial charge in [-0.25, -0.2) is 0 Å². The van der Waals surface area contributed by atoms with Gasteiger partial charge in [-0.2, -0.15) is 0 Å². The molecule has 12 heavy (non-hydrogen) atoms. The summed E-state index contributed by atoms with van der Waals surface area (Å²) < 4.78 is 45.8. The van der Waals surface area contributed by atoms with Crippen LogP contribution in [0.3, 0.4) is 0 Å². The number of nitrogens with zero attached hydrogens (tertiary/aromatic N) is 1. The standard InChI is InChI=1S/C10H22N2/c1-2-3-4-5-6-8-12-9-7-11-10-12/h11H,2-10H2,1H3/i7D2,9D,10D2/hD. The SMILES string of the molecule is [2H]C1N(CCCCCCC)C([2H])([2H])N([2H])C1([2H])[2H]. The van der Waals surface area contributed by atoms with Crippen molar-refractivity contribution in [2.24, 2.45) is 0 Å². The van der Waals surface area contributed by atoms with Crippen molar-refractivity contribution in [3.8, 4) is 0 Å². The fraction of sp³-hybridized carbons (Fsp3) is 1.00. The number of hydrogen-bond donors (Lipinski definition) is 1. The van der Waals surface area contributed by atoms with E-state index in [2.05, 4.69) is 6.92 Å². The second-order valence-electron chi connectivity index (χ2n) is 3.08. The maximum Gasteiger partial charge on any atom is 0.124 e. The largest absolute Gasteiger partial charge is 0.303 e. The molecule has 1 atom stereocenters. The molecule has 1 fully saturated rings. The van der Waals surface area contributed by atoms with Crippen molar-refractivity contribution >= 4 is 0 Å². The lowest BCUT2D eigenvalue weighted by Crippen LogP contribution is -2.22. The van der Waals surface area contributed by atoms with Crippen LogP contribution in [0.2, 0.25) is 1.41 Å². The minimum atomic E-state index is -2.27. The van der Waals surface area contributed by atoms with Crippen LogP contribution in [-0.2, 0) is 0 Å². The van der Waals surface area contributed by atoms with Gasteiger partial charge < -0.3 is 5.31 Å². The zero-order valence-electron chi connectivity index (χ0n) is 13.7. The Labute approximate surface area is 84.8 Å². The Morgan fingerprint density at radius 3 is 2.92 bits per heavy atom. The quantitative estimate of drug-likeness (QED) is 0.621. The van der Waals surface area contributed by atoms with E-state index in [1.807, 2.05) is 0 Å². The summed E-state index contributed by atoms with van der Waals surface area (Å²) in [5.74, 6) is 0. The van der Waals surface area contributed by atoms with Crippen molar-refractivity contribution in [3.05, 3.63) is 0 Å². The lowest BCUT2D eigenvalue weighted by atomic mass is 10.1. The van der Waals surface area contributed by atoms with Crippen LogP contribution in [0.1, 0.15) is 45.9 Å². The Morgan fingerprint density at radius 2 is 2.25 bits per heavy atom. The Hall–Kier alpha value is -0.0800. The van der Waals surface area contributed by atoms with E-state index in [4.69, 9.17) is 8.27 Å². The third-order valence-electron chi connectivity index (χ3n) is 1.96. The van der Waals surface area contributed by atoms with Gasteiger partial charge in [0, 0.05) is 23.8 Å². The van der Waals surface area contributed by atoms with E-state index in [-0.39, 0.29) is 5.31 Å². The molecule has 72 valence electrons. The highest BCUT2D eigenvalue weighted by Gasteiger charge is 2.08. The van der Waals surface area contributed by atoms with Crippen molar-refractivity contribution < 1.29 is 8.27 Å². The Balaban J connectivity index is 2.54. The van der Waals surface area contributed by atoms with Crippen molar-refractivity contribution in [1.82, 2.24) is 10.2 Å². The molecule has 1 aliphatic heterocycles. The molecule has 0 radical (unpaired) electrons. The molecule has 1 N–H and O–H groups in total. The molecule has 0 aliphatic carbocycles. The zero-order valence-corrected chi connectivity index (χ0v) is 7.71. The van der Waals surface area contributed by atoms with Crippen LogP contribution in [0.4, 0.5) is 0 Å². The Bertz CT molecular complexity index is 273. The number of rotatable bonds is 6. The van der Waals surface area contributed by atoms with Gasteiger partial charge in [-0.05, 0) is 13.0 Å². The summed E-state index contributed by atoms with van der Waals surface area (Å²) in [6, 6.07) is 0. The first-order valence-corrected chi connectivity index (χ1v) is 4.74. The first kappa shape index (κ1) is 4.43. The lowest BCUT2D eigenvalue weighted by Gasteiger charge is -2.12. The van der Waals surface area contributed by atoms with Gasteiger partial charge >= 0.3 is 0 Å². The van der Waals surface area contributed by atoms with E-state index in [1.54, 1.807) is 0 Å². The van der Waals surface area contributed by atoms with Gasteiger partial charge in [-0.15, -0.1) is 0 Å². The third-order valence-corrected chi connectivity index (χ3v) is 1.96. The Morgan fingerprint density at radius 1 is 1.42 bits per heavy atom. The second kappa shape index (κ2) is 6.44. The smallest absolute Gasteiger partial charge is 0.124 e. The topological polar surface area (TPSA) is 15.3 Å². The van der Waals surface area contributed by atoms with Crippen LogP contribution in [-0.4, -0.2) is 31.1 Å². The maximum absolute atomic E-state index is 7.74. The molecule has 1 rings (SSSR count). The van der Waals surface area contributed by atoms with E-state index in [0.717, 1.165) is 37.0 Å². The first-order valence-electron chi connectivity index (χ1n) is 7.77. The van der Waals surface area contributed by atoms with Crippen molar-refractivity contribution in [3.63, 3.8) is 0 Å². The minimum Gasteiger partial charge on any atom is -0.303 e. The molecular formula is C10H22N2. The molecule has 0 amide bonds. The van der Waals surface area contributed by atoms with Crippen molar-refractivity contribution in [2.45, 2.75) is 39.0 Å². The summed E-state index contributed by atoms with van der Waals surface area (Å²) in [6.45, 7) is -3.39. The average molecular weight is 176 g/mol. The van der Waals surface area contributed by atoms with E-state index in [9.17, 15) is 0 Å². The third kappa shape index (κ3) is 4.07. The van der Waals surface area contributed by atoms with E-state index >= 15 is 0 Å². The molecule has 0 aromatic rings. The molecule has 0 bridgehead atoms. The fourth-order valence-corrected chi connectivity index (χ4v) is 1.22. The van der Waals surface area contributed by atoms with Crippen LogP contribution >= 0.6 is 0 Å². The van der Waals surface area contributed by atoms with Gasteiger partial charge in [0.15, 0.2) is 0 Å². The highest BCUT2D eigenvalue weighted by atomic mass is 15.3. The molecule has 0 aromatic heterocycles. The first-order chi connectivity index (χ1) is 8.26. The normalized spacial score (nSPS) is 42.2. The van der Waals surface area contributed by atoms with Crippen LogP contribution in [0.15, 0.2) is 0 Å². The fourth-order valence-electron chi connectivity index (χ4n) is 1.22. The van der Waals surface area contributed by atoms with Crippen LogP contribution in [0, 0.1) is 0 Å². The van der Waals surface area contributed by atoms with Gasteiger partial charge in [0.05, 0.1) is 2.74 Å². The molecule has 2 nitrogen and oxygen atoms in total. The van der Waals surface area contributed by atoms with Crippen molar-refractivity contribution in [2.75, 3.05) is 26.2 Å². The molecule has 0 saturated carbocycles. The molecule has 1 saturated heterocycles. The van der Waals surface area contributed by atoms with Crippen LogP contribution in [0.25, 0.3) is 0 Å². The van der Waals surface area contributed by atoms with Gasteiger partial charge in [0.25, 0.3) is 0 Å². The molecule has 1 unspecified atom stereocenters. The van der Waals surface area contributed by atoms with Gasteiger partial charge in [-0.3, -0.25) is 4.90 Å². The number of hydrogen-bond acceptors (Lipinski definition) is 2. The molecule has 0 spiro atoms. The summed E-state index contributed by atoms with van der Waals surface area (Å²) >= 11 is 0. The Kier molecular flexibility index (Phi) is 2.37. The van der Waals surface area contributed by atoms with Gasteiger partial charge in [-0.1, -0.05) is 32.6 Å². The average Bonchev–Trinajstić information content (AvgIpc) is 2.41. The van der Waals surface area contributed by atoms with Crippen molar-refractivity contribution in [1.29, 1.82) is 0 Å². The lowest BCUT2D eigenvalue weighted by molar-refractivity contribution is 0.324. The zero-order chi connectivity index (χ0) is 14.0. The number of unbranched alkanes of at least 4 members (excludes halogenated alkanes) is 4. The molecule has 0 aromatic carbocycles. The molecule has 2 heteroatoms. The molecule has 1 aliphatic rings. The van der Waals surface area contributed by atoms with Gasteiger partial charge in [0.2, 0.25) is 0 Å². The predicted molar refractivity (Wildman–Crippen MR) is 53.2 cm³/mol. The highest BCUT2D eigenvalue weighted by Crippen LogP contribution is 2.04. The summed E-state index contributed by atoms with van der Waals surface area (Å²) in [5, 5.41) is 0.268. The minimum absolute atomic E-state index is 0.268. The van der Waals surface area contributed by atoms with Crippen LogP contribution < -0.4 is 5.31 Å². The number of nitrogens with one attached hydrogen (secondary N) is 1. The summed E-state index contributed by atoms with van der Waals surface area (Å²) in [5.41, 5.74) is 0. The van der Waals surface area contributed by atoms with Gasteiger partial charge in [0.1, 0.15) is 1.41 Å². The molecule has 1 heterocycles. The maximum atomic E-state index is 7.74. The van der Waals surface area contributed by atoms with E-state index in [0.29, 0.717) is 6.54 Å². The monoisotopic (exact) mass is 176 g/mol. The second-order valence-corrected chi connectivity index (χ2v) is 3.08. The highest BCUT2D eigenvalue weighted by molar-refractivity contribution is 4.65. The summed E-state index contributed by atoms with van der Waals surface area (Å²) in [4.78, 5) is 1.13. The summed E-state index contributed by atoms with van der Waals surface area (Å²) in [7, 11) is 0. The van der Waals surface area contributed by atoms with E-state index < -0.39 is 19.6 Å².